The van der Waals surface area contributed by atoms with E-state index in [1.54, 1.807) is 20.8 Å². The van der Waals surface area contributed by atoms with Crippen molar-refractivity contribution in [2.75, 3.05) is 0 Å². The number of carboxylic acid groups (broad SMARTS) is 1. The van der Waals surface area contributed by atoms with Crippen molar-refractivity contribution in [3.05, 3.63) is 15.8 Å². The Hall–Kier alpha value is -0.960. The molecule has 6 nitrogen and oxygen atoms in total. The number of rotatable bonds is 5. The van der Waals surface area contributed by atoms with Gasteiger partial charge >= 0.3 is 5.97 Å². The number of nitrogens with one attached hydrogen (secondary N) is 1. The monoisotopic (exact) mass is 321 g/mol. The molecule has 8 heteroatoms. The minimum Gasteiger partial charge on any atom is -0.477 e. The van der Waals surface area contributed by atoms with Gasteiger partial charge < -0.3 is 10.2 Å². The number of aromatic carboxylic acids is 1. The van der Waals surface area contributed by atoms with Gasteiger partial charge in [-0.3, -0.25) is 0 Å². The Morgan fingerprint density at radius 2 is 1.80 bits per heavy atom. The van der Waals surface area contributed by atoms with Gasteiger partial charge in [0, 0.05) is 4.88 Å². The predicted molar refractivity (Wildman–Crippen MR) is 76.7 cm³/mol. The van der Waals surface area contributed by atoms with E-state index in [1.807, 2.05) is 0 Å². The van der Waals surface area contributed by atoms with Gasteiger partial charge in [-0.1, -0.05) is 0 Å². The van der Waals surface area contributed by atoms with Crippen molar-refractivity contribution in [1.29, 1.82) is 0 Å². The minimum atomic E-state index is -3.91. The highest BCUT2D eigenvalue weighted by Gasteiger charge is 2.39. The molecule has 0 saturated heterocycles. The normalized spacial score (nSPS) is 13.5. The van der Waals surface area contributed by atoms with Crippen molar-refractivity contribution in [3.8, 4) is 0 Å². The first-order valence-corrected chi connectivity index (χ1v) is 8.18. The number of carbonyl (C=O) groups is 1. The van der Waals surface area contributed by atoms with Gasteiger partial charge in [0.2, 0.25) is 10.0 Å². The van der Waals surface area contributed by atoms with Crippen molar-refractivity contribution in [3.63, 3.8) is 0 Å². The first kappa shape index (κ1) is 17.1. The minimum absolute atomic E-state index is 0.0380. The standard InChI is InChI=1S/C12H19NO5S2/c1-7-9(6-8(19-7)10(14)15)20(17,18)13-11(2,3)12(4,5)16/h6,13,16H,1-5H3,(H,14,15). The topological polar surface area (TPSA) is 104 Å². The molecule has 0 atom stereocenters. The van der Waals surface area contributed by atoms with Crippen LogP contribution in [0, 0.1) is 6.92 Å². The molecule has 0 bridgehead atoms. The van der Waals surface area contributed by atoms with Gasteiger partial charge in [-0.05, 0) is 40.7 Å². The summed E-state index contributed by atoms with van der Waals surface area (Å²) in [7, 11) is -3.91. The van der Waals surface area contributed by atoms with E-state index in [0.717, 1.165) is 17.4 Å². The van der Waals surface area contributed by atoms with Crippen LogP contribution in [0.15, 0.2) is 11.0 Å². The average molecular weight is 321 g/mol. The van der Waals surface area contributed by atoms with Crippen LogP contribution in [0.2, 0.25) is 0 Å². The lowest BCUT2D eigenvalue weighted by molar-refractivity contribution is 0.00638. The molecule has 1 rings (SSSR count). The fraction of sp³-hybridized carbons (Fsp3) is 0.583. The van der Waals surface area contributed by atoms with Gasteiger partial charge in [-0.2, -0.15) is 0 Å². The lowest BCUT2D eigenvalue weighted by Crippen LogP contribution is -2.57. The first-order valence-electron chi connectivity index (χ1n) is 5.88. The molecule has 1 aromatic heterocycles. The Bertz CT molecular complexity index is 623. The third-order valence-corrected chi connectivity index (χ3v) is 6.24. The molecule has 0 aliphatic carbocycles. The van der Waals surface area contributed by atoms with Crippen LogP contribution in [0.1, 0.15) is 42.2 Å². The maximum Gasteiger partial charge on any atom is 0.345 e. The van der Waals surface area contributed by atoms with E-state index in [4.69, 9.17) is 5.11 Å². The summed E-state index contributed by atoms with van der Waals surface area (Å²) >= 11 is 0.902. The van der Waals surface area contributed by atoms with E-state index in [1.165, 1.54) is 13.8 Å². The maximum absolute atomic E-state index is 12.3. The molecule has 0 aliphatic rings. The molecule has 0 radical (unpaired) electrons. The van der Waals surface area contributed by atoms with Crippen LogP contribution in [0.5, 0.6) is 0 Å². The zero-order valence-electron chi connectivity index (χ0n) is 12.0. The molecule has 3 N–H and O–H groups in total. The van der Waals surface area contributed by atoms with Gasteiger partial charge in [0.15, 0.2) is 0 Å². The Balaban J connectivity index is 3.22. The molecule has 0 spiro atoms. The SMILES string of the molecule is Cc1sc(C(=O)O)cc1S(=O)(=O)NC(C)(C)C(C)(C)O. The smallest absolute Gasteiger partial charge is 0.345 e. The number of thiophene rings is 1. The number of aryl methyl sites for hydroxylation is 1. The maximum atomic E-state index is 12.3. The molecule has 0 aromatic carbocycles. The summed E-state index contributed by atoms with van der Waals surface area (Å²) in [5.41, 5.74) is -2.39. The van der Waals surface area contributed by atoms with E-state index in [-0.39, 0.29) is 9.77 Å². The lowest BCUT2D eigenvalue weighted by atomic mass is 9.87. The molecule has 0 amide bonds. The van der Waals surface area contributed by atoms with Crippen LogP contribution in [0.25, 0.3) is 0 Å². The van der Waals surface area contributed by atoms with Crippen molar-refractivity contribution in [1.82, 2.24) is 4.72 Å². The second kappa shape index (κ2) is 5.10. The highest BCUT2D eigenvalue weighted by atomic mass is 32.2. The third kappa shape index (κ3) is 3.38. The van der Waals surface area contributed by atoms with Crippen LogP contribution in [0.4, 0.5) is 0 Å². The Morgan fingerprint density at radius 3 is 2.15 bits per heavy atom. The summed E-state index contributed by atoms with van der Waals surface area (Å²) in [6.45, 7) is 7.66. The highest BCUT2D eigenvalue weighted by Crippen LogP contribution is 2.29. The zero-order valence-corrected chi connectivity index (χ0v) is 13.6. The third-order valence-electron chi connectivity index (χ3n) is 3.29. The number of sulfonamides is 1. The summed E-state index contributed by atoms with van der Waals surface area (Å²) in [4.78, 5) is 11.2. The molecule has 114 valence electrons. The summed E-state index contributed by atoms with van der Waals surface area (Å²) < 4.78 is 27.1. The molecule has 1 heterocycles. The summed E-state index contributed by atoms with van der Waals surface area (Å²) in [5, 5.41) is 18.9. The molecule has 0 aliphatic heterocycles. The predicted octanol–water partition coefficient (Wildman–Crippen LogP) is 1.58. The van der Waals surface area contributed by atoms with Crippen LogP contribution in [0.3, 0.4) is 0 Å². The van der Waals surface area contributed by atoms with Gasteiger partial charge in [-0.15, -0.1) is 11.3 Å². The van der Waals surface area contributed by atoms with E-state index in [0.29, 0.717) is 4.88 Å². The average Bonchev–Trinajstić information content (AvgIpc) is 2.57. The van der Waals surface area contributed by atoms with E-state index < -0.39 is 27.1 Å². The first-order chi connectivity index (χ1) is 8.78. The van der Waals surface area contributed by atoms with Crippen LogP contribution >= 0.6 is 11.3 Å². The summed E-state index contributed by atoms with van der Waals surface area (Å²) in [5.74, 6) is -1.17. The molecular weight excluding hydrogens is 302 g/mol. The van der Waals surface area contributed by atoms with E-state index in [9.17, 15) is 18.3 Å². The highest BCUT2D eigenvalue weighted by molar-refractivity contribution is 7.89. The lowest BCUT2D eigenvalue weighted by Gasteiger charge is -2.37. The van der Waals surface area contributed by atoms with E-state index in [2.05, 4.69) is 4.72 Å². The fourth-order valence-corrected chi connectivity index (χ4v) is 4.32. The van der Waals surface area contributed by atoms with E-state index >= 15 is 0 Å². The van der Waals surface area contributed by atoms with Crippen LogP contribution in [-0.2, 0) is 10.0 Å². The molecule has 20 heavy (non-hydrogen) atoms. The zero-order chi connectivity index (χ0) is 15.9. The molecule has 0 unspecified atom stereocenters. The largest absolute Gasteiger partial charge is 0.477 e. The summed E-state index contributed by atoms with van der Waals surface area (Å²) in [6, 6.07) is 1.13. The quantitative estimate of drug-likeness (QED) is 0.764. The van der Waals surface area contributed by atoms with Gasteiger partial charge in [0.1, 0.15) is 4.88 Å². The second-order valence-electron chi connectivity index (χ2n) is 5.63. The number of carboxylic acids is 1. The number of hydrogen-bond donors (Lipinski definition) is 3. The fourth-order valence-electron chi connectivity index (χ4n) is 1.35. The van der Waals surface area contributed by atoms with Crippen molar-refractivity contribution >= 4 is 27.3 Å². The molecule has 0 fully saturated rings. The van der Waals surface area contributed by atoms with Crippen molar-refractivity contribution in [2.45, 2.75) is 50.7 Å². The second-order valence-corrected chi connectivity index (χ2v) is 8.53. The Morgan fingerprint density at radius 1 is 1.30 bits per heavy atom. The molecule has 1 aromatic rings. The summed E-state index contributed by atoms with van der Waals surface area (Å²) in [6.07, 6.45) is 0. The van der Waals surface area contributed by atoms with Crippen LogP contribution < -0.4 is 4.72 Å². The Labute approximate surface area is 122 Å². The van der Waals surface area contributed by atoms with Gasteiger partial charge in [0.05, 0.1) is 16.0 Å². The number of hydrogen-bond acceptors (Lipinski definition) is 5. The van der Waals surface area contributed by atoms with Gasteiger partial charge in [0.25, 0.3) is 0 Å². The van der Waals surface area contributed by atoms with Crippen LogP contribution in [-0.4, -0.2) is 35.7 Å². The van der Waals surface area contributed by atoms with Crippen molar-refractivity contribution in [2.24, 2.45) is 0 Å². The van der Waals surface area contributed by atoms with Crippen molar-refractivity contribution < 1.29 is 23.4 Å². The number of aliphatic hydroxyl groups is 1. The molecular formula is C12H19NO5S2. The molecule has 0 saturated carbocycles. The van der Waals surface area contributed by atoms with Gasteiger partial charge in [-0.25, -0.2) is 17.9 Å². The Kier molecular flexibility index (Phi) is 4.36.